The fourth-order valence-corrected chi connectivity index (χ4v) is 1.65. The summed E-state index contributed by atoms with van der Waals surface area (Å²) in [5, 5.41) is 2.48. The summed E-state index contributed by atoms with van der Waals surface area (Å²) in [6.07, 6.45) is 3.12. The van der Waals surface area contributed by atoms with Crippen molar-refractivity contribution in [3.8, 4) is 0 Å². The number of ether oxygens (including phenoxy) is 1. The van der Waals surface area contributed by atoms with Crippen LogP contribution < -0.4 is 5.32 Å². The van der Waals surface area contributed by atoms with Crippen LogP contribution >= 0.6 is 0 Å². The van der Waals surface area contributed by atoms with Crippen LogP contribution in [0.4, 0.5) is 4.79 Å². The number of aromatic nitrogens is 1. The van der Waals surface area contributed by atoms with E-state index in [0.717, 1.165) is 5.56 Å². The summed E-state index contributed by atoms with van der Waals surface area (Å²) >= 11 is 0. The van der Waals surface area contributed by atoms with Crippen molar-refractivity contribution in [2.24, 2.45) is 0 Å². The van der Waals surface area contributed by atoms with Crippen molar-refractivity contribution < 1.29 is 14.3 Å². The lowest BCUT2D eigenvalue weighted by Crippen LogP contribution is -2.30. The van der Waals surface area contributed by atoms with Crippen molar-refractivity contribution in [1.29, 1.82) is 0 Å². The van der Waals surface area contributed by atoms with E-state index < -0.39 is 12.1 Å². The highest BCUT2D eigenvalue weighted by Gasteiger charge is 2.14. The second kappa shape index (κ2) is 7.04. The Hall–Kier alpha value is -2.69. The Morgan fingerprint density at radius 3 is 2.70 bits per heavy atom. The Balaban J connectivity index is 1.88. The molecule has 0 fully saturated rings. The predicted octanol–water partition coefficient (Wildman–Crippen LogP) is 2.25. The molecule has 0 aliphatic carbocycles. The molecule has 5 nitrogen and oxygen atoms in total. The second-order valence-electron chi connectivity index (χ2n) is 4.11. The van der Waals surface area contributed by atoms with E-state index in [2.05, 4.69) is 10.3 Å². The third kappa shape index (κ3) is 3.91. The molecule has 1 N–H and O–H groups in total. The molecule has 1 unspecified atom stereocenters. The van der Waals surface area contributed by atoms with Gasteiger partial charge < -0.3 is 14.8 Å². The average molecular weight is 270 g/mol. The first-order chi connectivity index (χ1) is 9.79. The van der Waals surface area contributed by atoms with Crippen molar-refractivity contribution >= 4 is 12.4 Å². The van der Waals surface area contributed by atoms with E-state index in [4.69, 9.17) is 4.74 Å². The topological polar surface area (TPSA) is 68.3 Å². The minimum atomic E-state index is -0.757. The monoisotopic (exact) mass is 270 g/mol. The highest BCUT2D eigenvalue weighted by atomic mass is 16.5. The van der Waals surface area contributed by atoms with Crippen molar-refractivity contribution in [3.63, 3.8) is 0 Å². The summed E-state index contributed by atoms with van der Waals surface area (Å²) in [5.74, 6) is 0. The summed E-state index contributed by atoms with van der Waals surface area (Å²) in [4.78, 5) is 26.6. The van der Waals surface area contributed by atoms with E-state index in [9.17, 15) is 9.59 Å². The molecule has 2 aromatic rings. The Morgan fingerprint density at radius 2 is 2.05 bits per heavy atom. The molecule has 1 aromatic carbocycles. The maximum absolute atomic E-state index is 11.6. The van der Waals surface area contributed by atoms with Gasteiger partial charge in [-0.25, -0.2) is 4.79 Å². The standard InChI is InChI=1S/C15H14N2O3/c18-10-14(13-7-4-8-16-9-13)17-15(19)20-11-12-5-2-1-3-6-12/h1-10,14H,11H2,(H,17,19). The SMILES string of the molecule is O=CC(NC(=O)OCc1ccccc1)c1cccnc1. The zero-order valence-electron chi connectivity index (χ0n) is 10.7. The molecule has 1 amide bonds. The smallest absolute Gasteiger partial charge is 0.408 e. The lowest BCUT2D eigenvalue weighted by molar-refractivity contribution is -0.109. The first kappa shape index (κ1) is 13.7. The first-order valence-corrected chi connectivity index (χ1v) is 6.12. The number of alkyl carbamates (subject to hydrolysis) is 1. The average Bonchev–Trinajstić information content (AvgIpc) is 2.52. The van der Waals surface area contributed by atoms with Crippen molar-refractivity contribution in [2.75, 3.05) is 0 Å². The minimum Gasteiger partial charge on any atom is -0.445 e. The normalized spacial score (nSPS) is 11.4. The Kier molecular flexibility index (Phi) is 4.83. The number of rotatable bonds is 5. The van der Waals surface area contributed by atoms with E-state index in [0.29, 0.717) is 11.8 Å². The van der Waals surface area contributed by atoms with Gasteiger partial charge in [-0.15, -0.1) is 0 Å². The number of aldehydes is 1. The van der Waals surface area contributed by atoms with E-state index in [-0.39, 0.29) is 6.61 Å². The molecule has 0 radical (unpaired) electrons. The van der Waals surface area contributed by atoms with E-state index >= 15 is 0 Å². The van der Waals surface area contributed by atoms with Crippen molar-refractivity contribution in [3.05, 3.63) is 66.0 Å². The van der Waals surface area contributed by atoms with Gasteiger partial charge in [0.2, 0.25) is 0 Å². The molecule has 1 heterocycles. The molecule has 20 heavy (non-hydrogen) atoms. The zero-order chi connectivity index (χ0) is 14.2. The molecule has 0 aliphatic rings. The van der Waals surface area contributed by atoms with Crippen LogP contribution in [0.25, 0.3) is 0 Å². The number of nitrogens with zero attached hydrogens (tertiary/aromatic N) is 1. The summed E-state index contributed by atoms with van der Waals surface area (Å²) in [7, 11) is 0. The van der Waals surface area contributed by atoms with Crippen LogP contribution in [-0.4, -0.2) is 17.4 Å². The van der Waals surface area contributed by atoms with E-state index in [1.807, 2.05) is 30.3 Å². The maximum atomic E-state index is 11.6. The number of carbonyl (C=O) groups is 2. The lowest BCUT2D eigenvalue weighted by atomic mass is 10.1. The number of carbonyl (C=O) groups excluding carboxylic acids is 2. The highest BCUT2D eigenvalue weighted by Crippen LogP contribution is 2.09. The quantitative estimate of drug-likeness (QED) is 0.846. The Morgan fingerprint density at radius 1 is 1.25 bits per heavy atom. The molecule has 0 saturated heterocycles. The number of pyridine rings is 1. The minimum absolute atomic E-state index is 0.158. The van der Waals surface area contributed by atoms with Crippen molar-refractivity contribution in [1.82, 2.24) is 10.3 Å². The molecule has 1 aromatic heterocycles. The van der Waals surface area contributed by atoms with Crippen LogP contribution in [0.1, 0.15) is 17.2 Å². The number of benzene rings is 1. The maximum Gasteiger partial charge on any atom is 0.408 e. The summed E-state index contributed by atoms with van der Waals surface area (Å²) in [6.45, 7) is 0.158. The third-order valence-corrected chi connectivity index (χ3v) is 2.67. The Bertz CT molecular complexity index is 558. The fraction of sp³-hybridized carbons (Fsp3) is 0.133. The molecule has 1 atom stereocenters. The van der Waals surface area contributed by atoms with Crippen LogP contribution in [0.2, 0.25) is 0 Å². The molecular formula is C15H14N2O3. The molecular weight excluding hydrogens is 256 g/mol. The number of hydrogen-bond acceptors (Lipinski definition) is 4. The lowest BCUT2D eigenvalue weighted by Gasteiger charge is -2.12. The summed E-state index contributed by atoms with van der Waals surface area (Å²) in [5.41, 5.74) is 1.49. The van der Waals surface area contributed by atoms with Crippen LogP contribution in [0.5, 0.6) is 0 Å². The Labute approximate surface area is 116 Å². The van der Waals surface area contributed by atoms with Gasteiger partial charge in [-0.1, -0.05) is 36.4 Å². The summed E-state index contributed by atoms with van der Waals surface area (Å²) in [6, 6.07) is 12.0. The van der Waals surface area contributed by atoms with Crippen LogP contribution in [0.15, 0.2) is 54.9 Å². The van der Waals surface area contributed by atoms with E-state index in [1.54, 1.807) is 18.3 Å². The molecule has 5 heteroatoms. The number of amides is 1. The van der Waals surface area contributed by atoms with Crippen LogP contribution in [-0.2, 0) is 16.1 Å². The van der Waals surface area contributed by atoms with Gasteiger partial charge in [-0.2, -0.15) is 0 Å². The highest BCUT2D eigenvalue weighted by molar-refractivity contribution is 5.74. The second-order valence-corrected chi connectivity index (χ2v) is 4.11. The van der Waals surface area contributed by atoms with Gasteiger partial charge in [0.1, 0.15) is 18.9 Å². The summed E-state index contributed by atoms with van der Waals surface area (Å²) < 4.78 is 5.05. The van der Waals surface area contributed by atoms with Gasteiger partial charge in [0, 0.05) is 12.4 Å². The molecule has 2 rings (SSSR count). The fourth-order valence-electron chi connectivity index (χ4n) is 1.65. The molecule has 102 valence electrons. The van der Waals surface area contributed by atoms with Gasteiger partial charge in [0.15, 0.2) is 0 Å². The largest absolute Gasteiger partial charge is 0.445 e. The van der Waals surface area contributed by atoms with Gasteiger partial charge in [-0.3, -0.25) is 4.98 Å². The van der Waals surface area contributed by atoms with Crippen LogP contribution in [0, 0.1) is 0 Å². The van der Waals surface area contributed by atoms with Gasteiger partial charge in [0.05, 0.1) is 0 Å². The number of nitrogens with one attached hydrogen (secondary N) is 1. The molecule has 0 spiro atoms. The third-order valence-electron chi connectivity index (χ3n) is 2.67. The molecule has 0 aliphatic heterocycles. The van der Waals surface area contributed by atoms with E-state index in [1.165, 1.54) is 6.20 Å². The van der Waals surface area contributed by atoms with Gasteiger partial charge >= 0.3 is 6.09 Å². The first-order valence-electron chi connectivity index (χ1n) is 6.12. The molecule has 0 bridgehead atoms. The number of hydrogen-bond donors (Lipinski definition) is 1. The molecule has 0 saturated carbocycles. The van der Waals surface area contributed by atoms with Crippen LogP contribution in [0.3, 0.4) is 0 Å². The van der Waals surface area contributed by atoms with Gasteiger partial charge in [0.25, 0.3) is 0 Å². The van der Waals surface area contributed by atoms with Gasteiger partial charge in [-0.05, 0) is 17.2 Å². The zero-order valence-corrected chi connectivity index (χ0v) is 10.7. The predicted molar refractivity (Wildman–Crippen MR) is 72.8 cm³/mol. The van der Waals surface area contributed by atoms with Crippen molar-refractivity contribution in [2.45, 2.75) is 12.6 Å².